The molecular formula is C23H22F2N4O5. The van der Waals surface area contributed by atoms with E-state index in [2.05, 4.69) is 11.2 Å². The van der Waals surface area contributed by atoms with E-state index in [0.29, 0.717) is 12.7 Å². The van der Waals surface area contributed by atoms with Crippen molar-refractivity contribution in [3.05, 3.63) is 63.1 Å². The van der Waals surface area contributed by atoms with Gasteiger partial charge in [-0.15, -0.1) is 6.42 Å². The first-order chi connectivity index (χ1) is 16.3. The summed E-state index contributed by atoms with van der Waals surface area (Å²) in [6.07, 6.45) is 8.08. The second kappa shape index (κ2) is 9.52. The van der Waals surface area contributed by atoms with E-state index >= 15 is 0 Å². The Morgan fingerprint density at radius 1 is 1.32 bits per heavy atom. The van der Waals surface area contributed by atoms with E-state index in [4.69, 9.17) is 11.2 Å². The van der Waals surface area contributed by atoms with Crippen molar-refractivity contribution in [2.24, 2.45) is 0 Å². The molecule has 2 aliphatic heterocycles. The van der Waals surface area contributed by atoms with Crippen LogP contribution in [0.15, 0.2) is 29.2 Å². The van der Waals surface area contributed by atoms with E-state index in [-0.39, 0.29) is 43.7 Å². The zero-order chi connectivity index (χ0) is 24.4. The van der Waals surface area contributed by atoms with Crippen LogP contribution in [0, 0.1) is 24.0 Å². The van der Waals surface area contributed by atoms with Crippen molar-refractivity contribution >= 4 is 11.8 Å². The topological polar surface area (TPSA) is 104 Å². The molecule has 1 saturated heterocycles. The minimum atomic E-state index is -1.06. The van der Waals surface area contributed by atoms with E-state index in [1.807, 2.05) is 0 Å². The summed E-state index contributed by atoms with van der Waals surface area (Å²) in [7, 11) is 0. The third-order valence-corrected chi connectivity index (χ3v) is 5.71. The molecule has 3 heterocycles. The first-order valence-electron chi connectivity index (χ1n) is 10.6. The van der Waals surface area contributed by atoms with Crippen LogP contribution in [0.4, 0.5) is 8.78 Å². The van der Waals surface area contributed by atoms with Gasteiger partial charge in [-0.25, -0.2) is 8.78 Å². The summed E-state index contributed by atoms with van der Waals surface area (Å²) >= 11 is 0. The summed E-state index contributed by atoms with van der Waals surface area (Å²) in [6.45, 7) is 0.614. The fourth-order valence-electron chi connectivity index (χ4n) is 3.99. The van der Waals surface area contributed by atoms with Crippen LogP contribution in [0.3, 0.4) is 0 Å². The highest BCUT2D eigenvalue weighted by molar-refractivity contribution is 5.99. The van der Waals surface area contributed by atoms with Crippen molar-refractivity contribution in [1.29, 1.82) is 0 Å². The van der Waals surface area contributed by atoms with Crippen LogP contribution in [0.1, 0.15) is 39.3 Å². The van der Waals surface area contributed by atoms with E-state index in [1.54, 1.807) is 0 Å². The maximum Gasteiger partial charge on any atom is 0.277 e. The molecule has 0 saturated carbocycles. The minimum Gasteiger partial charge on any atom is -0.502 e. The molecule has 0 aliphatic carbocycles. The number of carbonyl (C=O) groups is 2. The zero-order valence-electron chi connectivity index (χ0n) is 18.1. The molecule has 0 bridgehead atoms. The largest absolute Gasteiger partial charge is 0.502 e. The van der Waals surface area contributed by atoms with Gasteiger partial charge in [0.05, 0.1) is 12.6 Å². The Labute approximate surface area is 193 Å². The summed E-state index contributed by atoms with van der Waals surface area (Å²) in [5.74, 6) is -1.58. The van der Waals surface area contributed by atoms with E-state index in [1.165, 1.54) is 14.6 Å². The number of nitrogens with one attached hydrogen (secondary N) is 1. The second-order valence-corrected chi connectivity index (χ2v) is 8.00. The van der Waals surface area contributed by atoms with Gasteiger partial charge in [0.1, 0.15) is 23.9 Å². The fourth-order valence-corrected chi connectivity index (χ4v) is 3.99. The number of aromatic nitrogens is 1. The molecule has 1 aromatic heterocycles. The summed E-state index contributed by atoms with van der Waals surface area (Å²) in [6, 6.07) is 2.88. The lowest BCUT2D eigenvalue weighted by molar-refractivity contribution is 0.0461. The summed E-state index contributed by atoms with van der Waals surface area (Å²) in [5.41, 5.74) is -1.83. The van der Waals surface area contributed by atoms with Crippen molar-refractivity contribution in [2.75, 3.05) is 31.4 Å². The summed E-state index contributed by atoms with van der Waals surface area (Å²) in [4.78, 5) is 40.0. The maximum atomic E-state index is 13.9. The predicted octanol–water partition coefficient (Wildman–Crippen LogP) is 0.926. The van der Waals surface area contributed by atoms with Crippen LogP contribution < -0.4 is 15.8 Å². The van der Waals surface area contributed by atoms with Gasteiger partial charge in [-0.05, 0) is 18.9 Å². The Hall–Kier alpha value is -3.91. The summed E-state index contributed by atoms with van der Waals surface area (Å²) < 4.78 is 33.7. The van der Waals surface area contributed by atoms with Gasteiger partial charge in [-0.1, -0.05) is 12.0 Å². The van der Waals surface area contributed by atoms with Gasteiger partial charge < -0.3 is 20.1 Å². The number of rotatable bonds is 6. The number of aromatic hydroxyl groups is 1. The van der Waals surface area contributed by atoms with E-state index < -0.39 is 40.2 Å². The van der Waals surface area contributed by atoms with Gasteiger partial charge in [-0.2, -0.15) is 0 Å². The standard InChI is InChI=1S/C23H22F2N4O5/c1-2-7-28-13-27(11-16-4-3-8-34-16)23(33)19-21(31)20(30)17(12-29(19)28)22(32)26-10-14-5-6-15(24)9-18(14)25/h1,5-6,9,12,16,31H,3-4,7-8,10-11,13H2,(H,26,32)/t16-/m1/s1. The molecule has 2 aliphatic rings. The molecule has 0 unspecified atom stereocenters. The van der Waals surface area contributed by atoms with Gasteiger partial charge >= 0.3 is 0 Å². The number of nitrogens with zero attached hydrogens (tertiary/aromatic N) is 3. The van der Waals surface area contributed by atoms with E-state index in [0.717, 1.165) is 31.2 Å². The molecule has 2 aromatic rings. The molecule has 9 nitrogen and oxygen atoms in total. The number of terminal acetylenes is 1. The Bertz CT molecular complexity index is 1230. The molecule has 1 atom stereocenters. The van der Waals surface area contributed by atoms with Gasteiger partial charge in [0.15, 0.2) is 11.4 Å². The van der Waals surface area contributed by atoms with Crippen molar-refractivity contribution in [1.82, 2.24) is 14.9 Å². The van der Waals surface area contributed by atoms with Crippen LogP contribution in [0.2, 0.25) is 0 Å². The molecule has 2 N–H and O–H groups in total. The Kier molecular flexibility index (Phi) is 6.51. The SMILES string of the molecule is C#CCN1CN(C[C@H]2CCCO2)C(=O)c2c(O)c(=O)c(C(=O)NCc3ccc(F)cc3F)cn21. The average Bonchev–Trinajstić information content (AvgIpc) is 3.31. The molecule has 1 aromatic carbocycles. The lowest BCUT2D eigenvalue weighted by atomic mass is 10.1. The van der Waals surface area contributed by atoms with Crippen molar-refractivity contribution < 1.29 is 28.2 Å². The van der Waals surface area contributed by atoms with Gasteiger partial charge in [0.2, 0.25) is 5.43 Å². The first-order valence-corrected chi connectivity index (χ1v) is 10.6. The van der Waals surface area contributed by atoms with Gasteiger partial charge in [0, 0.05) is 37.5 Å². The molecule has 178 valence electrons. The highest BCUT2D eigenvalue weighted by Crippen LogP contribution is 2.23. The monoisotopic (exact) mass is 472 g/mol. The number of amides is 2. The van der Waals surface area contributed by atoms with Crippen LogP contribution in [-0.2, 0) is 11.3 Å². The van der Waals surface area contributed by atoms with Crippen molar-refractivity contribution in [2.45, 2.75) is 25.5 Å². The van der Waals surface area contributed by atoms with Crippen LogP contribution >= 0.6 is 0 Å². The smallest absolute Gasteiger partial charge is 0.277 e. The lowest BCUT2D eigenvalue weighted by Gasteiger charge is -2.39. The molecule has 0 radical (unpaired) electrons. The molecule has 1 fully saturated rings. The molecule has 34 heavy (non-hydrogen) atoms. The second-order valence-electron chi connectivity index (χ2n) is 8.00. The highest BCUT2D eigenvalue weighted by atomic mass is 19.1. The Balaban J connectivity index is 1.63. The van der Waals surface area contributed by atoms with E-state index in [9.17, 15) is 28.3 Å². The van der Waals surface area contributed by atoms with Crippen LogP contribution in [0.5, 0.6) is 5.75 Å². The number of pyridine rings is 1. The number of fused-ring (bicyclic) bond motifs is 1. The molecule has 4 rings (SSSR count). The predicted molar refractivity (Wildman–Crippen MR) is 117 cm³/mol. The number of hydrogen-bond donors (Lipinski definition) is 2. The molecule has 11 heteroatoms. The van der Waals surface area contributed by atoms with Gasteiger partial charge in [-0.3, -0.25) is 24.1 Å². The lowest BCUT2D eigenvalue weighted by Crippen LogP contribution is -2.56. The number of hydrogen-bond acceptors (Lipinski definition) is 6. The average molecular weight is 472 g/mol. The zero-order valence-corrected chi connectivity index (χ0v) is 18.1. The van der Waals surface area contributed by atoms with Crippen LogP contribution in [0.25, 0.3) is 0 Å². The van der Waals surface area contributed by atoms with Crippen molar-refractivity contribution in [3.8, 4) is 18.1 Å². The third kappa shape index (κ3) is 4.45. The maximum absolute atomic E-state index is 13.9. The Morgan fingerprint density at radius 2 is 2.12 bits per heavy atom. The summed E-state index contributed by atoms with van der Waals surface area (Å²) in [5, 5.41) is 14.5. The first kappa shape index (κ1) is 23.3. The third-order valence-electron chi connectivity index (χ3n) is 5.71. The minimum absolute atomic E-state index is 0.00550. The van der Waals surface area contributed by atoms with Gasteiger partial charge in [0.25, 0.3) is 11.8 Å². The highest BCUT2D eigenvalue weighted by Gasteiger charge is 2.35. The molecule has 2 amide bonds. The van der Waals surface area contributed by atoms with Crippen molar-refractivity contribution in [3.63, 3.8) is 0 Å². The fraction of sp³-hybridized carbons (Fsp3) is 0.348. The number of benzene rings is 1. The number of ether oxygens (including phenoxy) is 1. The quantitative estimate of drug-likeness (QED) is 0.607. The molecule has 0 spiro atoms. The molecular weight excluding hydrogens is 450 g/mol. The normalized spacial score (nSPS) is 17.4. The van der Waals surface area contributed by atoms with Crippen LogP contribution in [-0.4, -0.2) is 59.0 Å². The number of halogens is 2. The Morgan fingerprint density at radius 3 is 2.79 bits per heavy atom. The number of carbonyl (C=O) groups excluding carboxylic acids is 2.